The summed E-state index contributed by atoms with van der Waals surface area (Å²) in [5.74, 6) is 0.416. The molecule has 0 amide bonds. The Bertz CT molecular complexity index is 323. The highest BCUT2D eigenvalue weighted by Gasteiger charge is 2.17. The molecule has 2 atom stereocenters. The molecule has 1 aromatic rings. The maximum Gasteiger partial charge on any atom is 0.0515 e. The third kappa shape index (κ3) is 7.06. The molecule has 1 saturated carbocycles. The van der Waals surface area contributed by atoms with Crippen molar-refractivity contribution < 1.29 is 4.74 Å². The normalized spacial score (nSPS) is 17.1. The fourth-order valence-electron chi connectivity index (χ4n) is 2.10. The Labute approximate surface area is 120 Å². The van der Waals surface area contributed by atoms with Crippen molar-refractivity contribution in [3.8, 4) is 0 Å². The Balaban J connectivity index is 0.000000312. The minimum absolute atomic E-state index is 0.384. The summed E-state index contributed by atoms with van der Waals surface area (Å²) in [5.41, 5.74) is 1.37. The van der Waals surface area contributed by atoms with Crippen LogP contribution in [0.2, 0.25) is 0 Å². The van der Waals surface area contributed by atoms with Crippen molar-refractivity contribution in [2.75, 3.05) is 7.11 Å². The largest absolute Gasteiger partial charge is 0.382 e. The third-order valence-corrected chi connectivity index (χ3v) is 3.98. The van der Waals surface area contributed by atoms with Gasteiger partial charge in [-0.1, -0.05) is 43.2 Å². The molecule has 1 fully saturated rings. The van der Waals surface area contributed by atoms with Crippen LogP contribution in [0.5, 0.6) is 0 Å². The SMILES string of the molecule is COC(C)C.PC(NC1CCCC1)c1ccccc1. The van der Waals surface area contributed by atoms with Crippen LogP contribution < -0.4 is 5.32 Å². The lowest BCUT2D eigenvalue weighted by Gasteiger charge is -2.19. The van der Waals surface area contributed by atoms with E-state index in [9.17, 15) is 0 Å². The van der Waals surface area contributed by atoms with E-state index >= 15 is 0 Å². The predicted molar refractivity (Wildman–Crippen MR) is 86.4 cm³/mol. The van der Waals surface area contributed by atoms with Gasteiger partial charge in [-0.15, -0.1) is 9.24 Å². The second-order valence-corrected chi connectivity index (χ2v) is 5.99. The zero-order valence-corrected chi connectivity index (χ0v) is 13.6. The van der Waals surface area contributed by atoms with Gasteiger partial charge in [0.05, 0.1) is 6.10 Å². The second kappa shape index (κ2) is 9.47. The lowest BCUT2D eigenvalue weighted by Crippen LogP contribution is -2.27. The Morgan fingerprint density at radius 3 is 2.16 bits per heavy atom. The quantitative estimate of drug-likeness (QED) is 0.838. The van der Waals surface area contributed by atoms with Gasteiger partial charge in [0, 0.05) is 18.9 Å². The minimum Gasteiger partial charge on any atom is -0.382 e. The third-order valence-electron chi connectivity index (χ3n) is 3.40. The monoisotopic (exact) mass is 281 g/mol. The van der Waals surface area contributed by atoms with Crippen LogP contribution >= 0.6 is 9.24 Å². The summed E-state index contributed by atoms with van der Waals surface area (Å²) in [7, 11) is 4.59. The van der Waals surface area contributed by atoms with E-state index in [0.29, 0.717) is 11.9 Å². The minimum atomic E-state index is 0.384. The lowest BCUT2D eigenvalue weighted by molar-refractivity contribution is 0.134. The van der Waals surface area contributed by atoms with Crippen LogP contribution in [0.1, 0.15) is 50.9 Å². The van der Waals surface area contributed by atoms with E-state index in [1.54, 1.807) is 7.11 Å². The summed E-state index contributed by atoms with van der Waals surface area (Å²) >= 11 is 0. The molecule has 1 aliphatic carbocycles. The highest BCUT2D eigenvalue weighted by Crippen LogP contribution is 2.25. The zero-order valence-electron chi connectivity index (χ0n) is 12.4. The van der Waals surface area contributed by atoms with E-state index in [2.05, 4.69) is 44.9 Å². The van der Waals surface area contributed by atoms with Crippen LogP contribution in [0.25, 0.3) is 0 Å². The molecule has 2 nitrogen and oxygen atoms in total. The van der Waals surface area contributed by atoms with Gasteiger partial charge in [-0.05, 0) is 32.3 Å². The molecule has 108 valence electrons. The molecule has 1 N–H and O–H groups in total. The molecule has 2 rings (SSSR count). The first-order chi connectivity index (χ1) is 9.13. The second-order valence-electron chi connectivity index (χ2n) is 5.32. The van der Waals surface area contributed by atoms with Crippen LogP contribution in [0.3, 0.4) is 0 Å². The van der Waals surface area contributed by atoms with Gasteiger partial charge in [0.15, 0.2) is 0 Å². The van der Waals surface area contributed by atoms with Crippen LogP contribution in [0.4, 0.5) is 0 Å². The summed E-state index contributed by atoms with van der Waals surface area (Å²) in [6.07, 6.45) is 5.86. The van der Waals surface area contributed by atoms with Gasteiger partial charge in [-0.3, -0.25) is 0 Å². The van der Waals surface area contributed by atoms with E-state index in [4.69, 9.17) is 4.74 Å². The maximum atomic E-state index is 4.75. The summed E-state index contributed by atoms with van der Waals surface area (Å²) in [5, 5.41) is 3.66. The summed E-state index contributed by atoms with van der Waals surface area (Å²) < 4.78 is 4.75. The van der Waals surface area contributed by atoms with Crippen molar-refractivity contribution in [1.82, 2.24) is 5.32 Å². The highest BCUT2D eigenvalue weighted by molar-refractivity contribution is 7.17. The number of benzene rings is 1. The van der Waals surface area contributed by atoms with Crippen molar-refractivity contribution in [2.45, 2.75) is 57.5 Å². The van der Waals surface area contributed by atoms with Gasteiger partial charge in [0.1, 0.15) is 0 Å². The number of methoxy groups -OCH3 is 1. The standard InChI is InChI=1S/C12H18NP.C4H10O/c14-12(10-6-2-1-3-7-10)13-11-8-4-5-9-11;1-4(2)5-3/h1-3,6-7,11-13H,4-5,8-9,14H2;4H,1-3H3. The number of ether oxygens (including phenoxy) is 1. The molecule has 1 aliphatic rings. The van der Waals surface area contributed by atoms with E-state index in [1.807, 2.05) is 13.8 Å². The van der Waals surface area contributed by atoms with Gasteiger partial charge in [0.2, 0.25) is 0 Å². The zero-order chi connectivity index (χ0) is 14.1. The number of hydrogen-bond acceptors (Lipinski definition) is 2. The molecular weight excluding hydrogens is 253 g/mol. The van der Waals surface area contributed by atoms with E-state index in [1.165, 1.54) is 31.2 Å². The maximum absolute atomic E-state index is 4.75. The molecule has 0 radical (unpaired) electrons. The van der Waals surface area contributed by atoms with Crippen LogP contribution in [-0.2, 0) is 4.74 Å². The van der Waals surface area contributed by atoms with Gasteiger partial charge >= 0.3 is 0 Å². The summed E-state index contributed by atoms with van der Waals surface area (Å²) in [4.78, 5) is 0. The first kappa shape index (κ1) is 16.6. The molecule has 1 aromatic carbocycles. The lowest BCUT2D eigenvalue weighted by atomic mass is 10.2. The topological polar surface area (TPSA) is 21.3 Å². The highest BCUT2D eigenvalue weighted by atomic mass is 31.0. The van der Waals surface area contributed by atoms with Crippen molar-refractivity contribution in [3.63, 3.8) is 0 Å². The van der Waals surface area contributed by atoms with Gasteiger partial charge in [0.25, 0.3) is 0 Å². The van der Waals surface area contributed by atoms with E-state index in [0.717, 1.165) is 6.04 Å². The number of nitrogens with one attached hydrogen (secondary N) is 1. The van der Waals surface area contributed by atoms with Gasteiger partial charge in [-0.25, -0.2) is 0 Å². The van der Waals surface area contributed by atoms with Crippen LogP contribution in [-0.4, -0.2) is 19.3 Å². The van der Waals surface area contributed by atoms with Crippen molar-refractivity contribution in [3.05, 3.63) is 35.9 Å². The van der Waals surface area contributed by atoms with Gasteiger partial charge in [-0.2, -0.15) is 0 Å². The average Bonchev–Trinajstić information content (AvgIpc) is 2.93. The fourth-order valence-corrected chi connectivity index (χ4v) is 2.60. The summed E-state index contributed by atoms with van der Waals surface area (Å²) in [6.45, 7) is 4.00. The van der Waals surface area contributed by atoms with Crippen molar-refractivity contribution in [1.29, 1.82) is 0 Å². The molecule has 2 unspecified atom stereocenters. The number of hydrogen-bond donors (Lipinski definition) is 1. The summed E-state index contributed by atoms with van der Waals surface area (Å²) in [6, 6.07) is 11.4. The average molecular weight is 281 g/mol. The molecule has 0 aliphatic heterocycles. The Kier molecular flexibility index (Phi) is 8.29. The first-order valence-electron chi connectivity index (χ1n) is 7.23. The van der Waals surface area contributed by atoms with Crippen molar-refractivity contribution >= 4 is 9.24 Å². The number of rotatable bonds is 4. The fraction of sp³-hybridized carbons (Fsp3) is 0.625. The molecule has 0 saturated heterocycles. The molecule has 0 aromatic heterocycles. The molecule has 3 heteroatoms. The molecule has 0 heterocycles. The molecule has 0 bridgehead atoms. The van der Waals surface area contributed by atoms with E-state index < -0.39 is 0 Å². The van der Waals surface area contributed by atoms with Crippen molar-refractivity contribution in [2.24, 2.45) is 0 Å². The van der Waals surface area contributed by atoms with Crippen LogP contribution in [0.15, 0.2) is 30.3 Å². The first-order valence-corrected chi connectivity index (χ1v) is 7.89. The van der Waals surface area contributed by atoms with Crippen LogP contribution in [0, 0.1) is 0 Å². The Morgan fingerprint density at radius 1 is 1.16 bits per heavy atom. The van der Waals surface area contributed by atoms with Gasteiger partial charge < -0.3 is 10.1 Å². The van der Waals surface area contributed by atoms with E-state index in [-0.39, 0.29) is 0 Å². The Morgan fingerprint density at radius 2 is 1.68 bits per heavy atom. The molecule has 0 spiro atoms. The Hall–Kier alpha value is -0.430. The molecule has 19 heavy (non-hydrogen) atoms. The smallest absolute Gasteiger partial charge is 0.0515 e. The predicted octanol–water partition coefficient (Wildman–Crippen LogP) is 4.13. The molecular formula is C16H28NOP.